The van der Waals surface area contributed by atoms with Crippen molar-refractivity contribution in [2.24, 2.45) is 0 Å². The number of aromatic nitrogens is 2. The number of piperazine rings is 1. The molecule has 10 heteroatoms. The van der Waals surface area contributed by atoms with E-state index < -0.39 is 24.7 Å². The van der Waals surface area contributed by atoms with Gasteiger partial charge in [-0.25, -0.2) is 0 Å². The molecule has 3 N–H and O–H groups in total. The molecule has 1 aliphatic rings. The van der Waals surface area contributed by atoms with Crippen LogP contribution in [-0.2, 0) is 0 Å². The molecule has 21 heavy (non-hydrogen) atoms. The Bertz CT molecular complexity index is 434. The van der Waals surface area contributed by atoms with Crippen LogP contribution in [-0.4, -0.2) is 65.9 Å². The lowest BCUT2D eigenvalue weighted by atomic mass is 10.2. The zero-order valence-electron chi connectivity index (χ0n) is 11.1. The van der Waals surface area contributed by atoms with E-state index in [1.54, 1.807) is 0 Å². The Balaban J connectivity index is 0.00000220. The van der Waals surface area contributed by atoms with Gasteiger partial charge in [-0.15, -0.1) is 12.4 Å². The van der Waals surface area contributed by atoms with Gasteiger partial charge in [-0.05, 0) is 6.07 Å². The van der Waals surface area contributed by atoms with Crippen molar-refractivity contribution in [3.05, 3.63) is 18.0 Å². The molecular formula is C11H17ClF3N5O. The summed E-state index contributed by atoms with van der Waals surface area (Å²) in [6, 6.07) is -0.264. The van der Waals surface area contributed by atoms with Gasteiger partial charge >= 0.3 is 6.18 Å². The molecule has 120 valence electrons. The summed E-state index contributed by atoms with van der Waals surface area (Å²) < 4.78 is 39.2. The van der Waals surface area contributed by atoms with Crippen LogP contribution < -0.4 is 10.6 Å². The average molecular weight is 328 g/mol. The molecule has 0 spiro atoms. The zero-order valence-corrected chi connectivity index (χ0v) is 11.9. The highest BCUT2D eigenvalue weighted by Gasteiger charge is 2.43. The number of carbonyl (C=O) groups excluding carboxylic acids is 1. The highest BCUT2D eigenvalue weighted by Crippen LogP contribution is 2.24. The predicted molar refractivity (Wildman–Crippen MR) is 72.5 cm³/mol. The SMILES string of the molecule is Cl.O=C(NCC(N1CCNCC1)C(F)(F)F)c1ccn[nH]1. The Morgan fingerprint density at radius 3 is 2.62 bits per heavy atom. The smallest absolute Gasteiger partial charge is 0.349 e. The van der Waals surface area contributed by atoms with E-state index in [0.717, 1.165) is 0 Å². The first-order chi connectivity index (χ1) is 9.48. The van der Waals surface area contributed by atoms with Gasteiger partial charge < -0.3 is 10.6 Å². The molecule has 1 unspecified atom stereocenters. The van der Waals surface area contributed by atoms with Crippen LogP contribution in [0.1, 0.15) is 10.5 Å². The van der Waals surface area contributed by atoms with E-state index in [9.17, 15) is 18.0 Å². The molecule has 2 rings (SSSR count). The maximum absolute atomic E-state index is 13.1. The molecule has 1 aliphatic heterocycles. The lowest BCUT2D eigenvalue weighted by Gasteiger charge is -2.35. The van der Waals surface area contributed by atoms with Gasteiger partial charge in [-0.3, -0.25) is 14.8 Å². The number of aromatic amines is 1. The van der Waals surface area contributed by atoms with Crippen LogP contribution in [0, 0.1) is 0 Å². The first-order valence-electron chi connectivity index (χ1n) is 6.27. The largest absolute Gasteiger partial charge is 0.405 e. The Kier molecular flexibility index (Phi) is 6.43. The average Bonchev–Trinajstić information content (AvgIpc) is 2.92. The third kappa shape index (κ3) is 4.87. The molecule has 1 aromatic heterocycles. The summed E-state index contributed by atoms with van der Waals surface area (Å²) in [6.07, 6.45) is -3.01. The van der Waals surface area contributed by atoms with Gasteiger partial charge in [-0.2, -0.15) is 18.3 Å². The molecule has 1 saturated heterocycles. The molecule has 2 heterocycles. The van der Waals surface area contributed by atoms with Crippen molar-refractivity contribution in [2.75, 3.05) is 32.7 Å². The molecule has 1 fully saturated rings. The molecule has 6 nitrogen and oxygen atoms in total. The first-order valence-corrected chi connectivity index (χ1v) is 6.27. The van der Waals surface area contributed by atoms with Crippen molar-refractivity contribution in [2.45, 2.75) is 12.2 Å². The van der Waals surface area contributed by atoms with E-state index in [0.29, 0.717) is 26.2 Å². The number of H-pyrrole nitrogens is 1. The maximum Gasteiger partial charge on any atom is 0.405 e. The Labute approximate surface area is 125 Å². The minimum Gasteiger partial charge on any atom is -0.349 e. The summed E-state index contributed by atoms with van der Waals surface area (Å²) in [5.41, 5.74) is 0.145. The Morgan fingerprint density at radius 2 is 2.10 bits per heavy atom. The summed E-state index contributed by atoms with van der Waals surface area (Å²) in [5, 5.41) is 11.3. The number of carbonyl (C=O) groups is 1. The third-order valence-electron chi connectivity index (χ3n) is 3.17. The van der Waals surface area contributed by atoms with Crippen LogP contribution in [0.2, 0.25) is 0 Å². The Morgan fingerprint density at radius 1 is 1.43 bits per heavy atom. The lowest BCUT2D eigenvalue weighted by molar-refractivity contribution is -0.183. The van der Waals surface area contributed by atoms with E-state index in [2.05, 4.69) is 20.8 Å². The second-order valence-electron chi connectivity index (χ2n) is 4.52. The topological polar surface area (TPSA) is 73.1 Å². The van der Waals surface area contributed by atoms with Crippen molar-refractivity contribution in [3.8, 4) is 0 Å². The van der Waals surface area contributed by atoms with Gasteiger partial charge in [0.1, 0.15) is 11.7 Å². The number of hydrogen-bond donors (Lipinski definition) is 3. The minimum atomic E-state index is -4.38. The van der Waals surface area contributed by atoms with E-state index in [-0.39, 0.29) is 18.1 Å². The van der Waals surface area contributed by atoms with Crippen LogP contribution in [0.25, 0.3) is 0 Å². The number of rotatable bonds is 4. The van der Waals surface area contributed by atoms with Crippen LogP contribution in [0.15, 0.2) is 12.3 Å². The summed E-state index contributed by atoms with van der Waals surface area (Å²) >= 11 is 0. The van der Waals surface area contributed by atoms with E-state index in [1.165, 1.54) is 17.2 Å². The van der Waals surface area contributed by atoms with Gasteiger partial charge in [0, 0.05) is 38.9 Å². The minimum absolute atomic E-state index is 0. The predicted octanol–water partition coefficient (Wildman–Crippen LogP) is 0.397. The standard InChI is InChI=1S/C11H16F3N5O.ClH/c12-11(13,14)9(19-5-3-15-4-6-19)7-16-10(20)8-1-2-17-18-8;/h1-2,9,15H,3-7H2,(H,16,20)(H,17,18);1H. The fourth-order valence-corrected chi connectivity index (χ4v) is 2.11. The summed E-state index contributed by atoms with van der Waals surface area (Å²) in [4.78, 5) is 13.0. The highest BCUT2D eigenvalue weighted by molar-refractivity contribution is 5.92. The van der Waals surface area contributed by atoms with Gasteiger partial charge in [0.05, 0.1) is 0 Å². The fraction of sp³-hybridized carbons (Fsp3) is 0.636. The Hall–Kier alpha value is -1.32. The first kappa shape index (κ1) is 17.7. The number of hydrogen-bond acceptors (Lipinski definition) is 4. The van der Waals surface area contributed by atoms with Crippen molar-refractivity contribution in [1.82, 2.24) is 25.7 Å². The van der Waals surface area contributed by atoms with Crippen molar-refractivity contribution in [3.63, 3.8) is 0 Å². The number of amides is 1. The number of nitrogens with zero attached hydrogens (tertiary/aromatic N) is 2. The highest BCUT2D eigenvalue weighted by atomic mass is 35.5. The van der Waals surface area contributed by atoms with Crippen LogP contribution >= 0.6 is 12.4 Å². The quantitative estimate of drug-likeness (QED) is 0.748. The van der Waals surface area contributed by atoms with E-state index in [4.69, 9.17) is 0 Å². The summed E-state index contributed by atoms with van der Waals surface area (Å²) in [7, 11) is 0. The monoisotopic (exact) mass is 327 g/mol. The van der Waals surface area contributed by atoms with Crippen molar-refractivity contribution >= 4 is 18.3 Å². The fourth-order valence-electron chi connectivity index (χ4n) is 2.11. The van der Waals surface area contributed by atoms with Crippen LogP contribution in [0.3, 0.4) is 0 Å². The molecule has 0 radical (unpaired) electrons. The molecule has 0 aromatic carbocycles. The number of alkyl halides is 3. The number of nitrogens with one attached hydrogen (secondary N) is 3. The number of halogens is 4. The third-order valence-corrected chi connectivity index (χ3v) is 3.17. The normalized spacial score (nSPS) is 17.9. The van der Waals surface area contributed by atoms with Crippen LogP contribution in [0.4, 0.5) is 13.2 Å². The van der Waals surface area contributed by atoms with Gasteiger partial charge in [0.25, 0.3) is 5.91 Å². The van der Waals surface area contributed by atoms with Crippen LogP contribution in [0.5, 0.6) is 0 Å². The second kappa shape index (κ2) is 7.62. The van der Waals surface area contributed by atoms with Crippen molar-refractivity contribution < 1.29 is 18.0 Å². The van der Waals surface area contributed by atoms with E-state index >= 15 is 0 Å². The molecule has 0 aliphatic carbocycles. The van der Waals surface area contributed by atoms with Gasteiger partial charge in [-0.1, -0.05) is 0 Å². The second-order valence-corrected chi connectivity index (χ2v) is 4.52. The summed E-state index contributed by atoms with van der Waals surface area (Å²) in [6.45, 7) is 1.18. The molecule has 1 amide bonds. The van der Waals surface area contributed by atoms with Gasteiger partial charge in [0.2, 0.25) is 0 Å². The molecule has 1 aromatic rings. The molecular weight excluding hydrogens is 311 g/mol. The maximum atomic E-state index is 13.1. The van der Waals surface area contributed by atoms with E-state index in [1.807, 2.05) is 0 Å². The summed E-state index contributed by atoms with van der Waals surface area (Å²) in [5.74, 6) is -0.591. The molecule has 1 atom stereocenters. The molecule has 0 saturated carbocycles. The zero-order chi connectivity index (χ0) is 14.6. The molecule has 0 bridgehead atoms. The van der Waals surface area contributed by atoms with Gasteiger partial charge in [0.15, 0.2) is 0 Å². The van der Waals surface area contributed by atoms with Crippen molar-refractivity contribution in [1.29, 1.82) is 0 Å². The lowest BCUT2D eigenvalue weighted by Crippen LogP contribution is -2.57.